The summed E-state index contributed by atoms with van der Waals surface area (Å²) in [4.78, 5) is 14.6. The molecule has 0 aromatic rings. The molecule has 0 bridgehead atoms. The number of piperidine rings is 1. The molecule has 1 amide bonds. The van der Waals surface area contributed by atoms with Gasteiger partial charge in [0.1, 0.15) is 0 Å². The van der Waals surface area contributed by atoms with Crippen molar-refractivity contribution in [3.63, 3.8) is 0 Å². The van der Waals surface area contributed by atoms with Crippen molar-refractivity contribution < 1.29 is 4.79 Å². The first kappa shape index (κ1) is 15.8. The average Bonchev–Trinajstić information content (AvgIpc) is 2.27. The number of likely N-dealkylation sites (tertiary alicyclic amines) is 1. The summed E-state index contributed by atoms with van der Waals surface area (Å²) in [5.41, 5.74) is 6.04. The summed E-state index contributed by atoms with van der Waals surface area (Å²) in [6.45, 7) is 6.28. The molecule has 1 aliphatic carbocycles. The zero-order valence-corrected chi connectivity index (χ0v) is 12.5. The minimum absolute atomic E-state index is 0. The lowest BCUT2D eigenvalue weighted by atomic mass is 9.79. The molecule has 0 aromatic carbocycles. The maximum absolute atomic E-state index is 12.6. The Hall–Kier alpha value is -0.280. The van der Waals surface area contributed by atoms with Gasteiger partial charge in [0.15, 0.2) is 0 Å². The van der Waals surface area contributed by atoms with Crippen LogP contribution < -0.4 is 5.73 Å². The summed E-state index contributed by atoms with van der Waals surface area (Å²) in [5.74, 6) is 0.213. The van der Waals surface area contributed by atoms with Gasteiger partial charge in [0.25, 0.3) is 0 Å². The topological polar surface area (TPSA) is 46.3 Å². The fourth-order valence-electron chi connectivity index (χ4n) is 3.31. The van der Waals surface area contributed by atoms with Crippen molar-refractivity contribution in [1.82, 2.24) is 4.90 Å². The molecule has 1 saturated heterocycles. The van der Waals surface area contributed by atoms with Crippen molar-refractivity contribution >= 4 is 18.3 Å². The molecule has 1 heterocycles. The molecule has 18 heavy (non-hydrogen) atoms. The number of amides is 1. The van der Waals surface area contributed by atoms with Crippen LogP contribution in [0.2, 0.25) is 0 Å². The molecule has 1 aliphatic heterocycles. The van der Waals surface area contributed by atoms with Crippen molar-refractivity contribution in [2.24, 2.45) is 11.1 Å². The highest BCUT2D eigenvalue weighted by Crippen LogP contribution is 2.33. The average molecular weight is 275 g/mol. The Balaban J connectivity index is 0.00000162. The van der Waals surface area contributed by atoms with Gasteiger partial charge in [-0.05, 0) is 31.1 Å². The molecule has 1 saturated carbocycles. The predicted molar refractivity (Wildman–Crippen MR) is 76.8 cm³/mol. The first-order chi connectivity index (χ1) is 7.93. The molecule has 0 radical (unpaired) electrons. The quantitative estimate of drug-likeness (QED) is 0.799. The van der Waals surface area contributed by atoms with E-state index in [0.717, 1.165) is 45.2 Å². The Bertz CT molecular complexity index is 298. The van der Waals surface area contributed by atoms with E-state index in [9.17, 15) is 4.79 Å². The van der Waals surface area contributed by atoms with Gasteiger partial charge in [0, 0.05) is 13.1 Å². The monoisotopic (exact) mass is 274 g/mol. The third kappa shape index (κ3) is 3.39. The van der Waals surface area contributed by atoms with Crippen LogP contribution in [0.15, 0.2) is 0 Å². The number of carbonyl (C=O) groups excluding carboxylic acids is 1. The van der Waals surface area contributed by atoms with Gasteiger partial charge in [0.05, 0.1) is 5.54 Å². The van der Waals surface area contributed by atoms with Gasteiger partial charge in [-0.3, -0.25) is 4.79 Å². The lowest BCUT2D eigenvalue weighted by Crippen LogP contribution is -2.58. The molecule has 3 nitrogen and oxygen atoms in total. The van der Waals surface area contributed by atoms with Crippen LogP contribution in [0.3, 0.4) is 0 Å². The predicted octanol–water partition coefficient (Wildman–Crippen LogP) is 2.72. The van der Waals surface area contributed by atoms with Crippen molar-refractivity contribution in [2.75, 3.05) is 13.1 Å². The molecular formula is C14H27ClN2O. The van der Waals surface area contributed by atoms with Gasteiger partial charge in [-0.1, -0.05) is 33.1 Å². The minimum atomic E-state index is -0.550. The zero-order chi connectivity index (χ0) is 12.5. The summed E-state index contributed by atoms with van der Waals surface area (Å²) < 4.78 is 0. The fourth-order valence-corrected chi connectivity index (χ4v) is 3.31. The van der Waals surface area contributed by atoms with E-state index in [0.29, 0.717) is 0 Å². The Morgan fingerprint density at radius 2 is 1.67 bits per heavy atom. The van der Waals surface area contributed by atoms with E-state index in [-0.39, 0.29) is 23.7 Å². The highest BCUT2D eigenvalue weighted by atomic mass is 35.5. The Kier molecular flexibility index (Phi) is 5.07. The van der Waals surface area contributed by atoms with E-state index in [1.807, 2.05) is 4.90 Å². The van der Waals surface area contributed by atoms with Crippen LogP contribution in [0, 0.1) is 5.41 Å². The zero-order valence-electron chi connectivity index (χ0n) is 11.7. The van der Waals surface area contributed by atoms with Crippen LogP contribution in [0.4, 0.5) is 0 Å². The van der Waals surface area contributed by atoms with Crippen molar-refractivity contribution in [1.29, 1.82) is 0 Å². The number of halogens is 1. The molecular weight excluding hydrogens is 248 g/mol. The van der Waals surface area contributed by atoms with Gasteiger partial charge in [-0.2, -0.15) is 0 Å². The smallest absolute Gasteiger partial charge is 0.242 e. The van der Waals surface area contributed by atoms with E-state index in [2.05, 4.69) is 13.8 Å². The summed E-state index contributed by atoms with van der Waals surface area (Å²) in [6.07, 6.45) is 7.55. The third-order valence-corrected chi connectivity index (χ3v) is 4.36. The van der Waals surface area contributed by atoms with Gasteiger partial charge in [-0.25, -0.2) is 0 Å². The maximum Gasteiger partial charge on any atom is 0.242 e. The second kappa shape index (κ2) is 5.79. The molecule has 2 aliphatic rings. The fraction of sp³-hybridized carbons (Fsp3) is 0.929. The second-order valence-corrected chi connectivity index (χ2v) is 6.71. The van der Waals surface area contributed by atoms with Crippen LogP contribution in [0.1, 0.15) is 58.8 Å². The second-order valence-electron chi connectivity index (χ2n) is 6.71. The van der Waals surface area contributed by atoms with E-state index >= 15 is 0 Å². The third-order valence-electron chi connectivity index (χ3n) is 4.36. The normalized spacial score (nSPS) is 26.3. The molecule has 0 atom stereocenters. The van der Waals surface area contributed by atoms with Crippen LogP contribution in [-0.4, -0.2) is 29.4 Å². The first-order valence-electron chi connectivity index (χ1n) is 7.01. The summed E-state index contributed by atoms with van der Waals surface area (Å²) in [7, 11) is 0. The molecule has 0 spiro atoms. The van der Waals surface area contributed by atoms with Crippen LogP contribution in [0.25, 0.3) is 0 Å². The molecule has 2 rings (SSSR count). The van der Waals surface area contributed by atoms with Gasteiger partial charge >= 0.3 is 0 Å². The van der Waals surface area contributed by atoms with E-state index < -0.39 is 5.54 Å². The molecule has 2 fully saturated rings. The number of nitrogens with zero attached hydrogens (tertiary/aromatic N) is 1. The van der Waals surface area contributed by atoms with Crippen molar-refractivity contribution in [2.45, 2.75) is 64.3 Å². The van der Waals surface area contributed by atoms with E-state index in [1.165, 1.54) is 12.8 Å². The standard InChI is InChI=1S/C14H26N2O.ClH/c1-13(2)7-6-10-16(11-13)12(17)14(15)8-4-3-5-9-14;/h3-11,15H2,1-2H3;1H. The Morgan fingerprint density at radius 1 is 1.06 bits per heavy atom. The number of hydrogen-bond donors (Lipinski definition) is 1. The van der Waals surface area contributed by atoms with Crippen molar-refractivity contribution in [3.8, 4) is 0 Å². The maximum atomic E-state index is 12.6. The van der Waals surface area contributed by atoms with Crippen LogP contribution in [0.5, 0.6) is 0 Å². The first-order valence-corrected chi connectivity index (χ1v) is 7.01. The van der Waals surface area contributed by atoms with Gasteiger partial charge in [-0.15, -0.1) is 12.4 Å². The van der Waals surface area contributed by atoms with E-state index in [4.69, 9.17) is 5.73 Å². The number of rotatable bonds is 1. The van der Waals surface area contributed by atoms with Crippen LogP contribution in [-0.2, 0) is 4.79 Å². The largest absolute Gasteiger partial charge is 0.341 e. The lowest BCUT2D eigenvalue weighted by molar-refractivity contribution is -0.141. The summed E-state index contributed by atoms with van der Waals surface area (Å²) in [6, 6.07) is 0. The van der Waals surface area contributed by atoms with Gasteiger partial charge < -0.3 is 10.6 Å². The highest BCUT2D eigenvalue weighted by Gasteiger charge is 2.40. The molecule has 0 aromatic heterocycles. The molecule has 0 unspecified atom stereocenters. The number of carbonyl (C=O) groups is 1. The molecule has 2 N–H and O–H groups in total. The Labute approximate surface area is 117 Å². The lowest BCUT2D eigenvalue weighted by Gasteiger charge is -2.43. The highest BCUT2D eigenvalue weighted by molar-refractivity contribution is 5.86. The number of nitrogens with two attached hydrogens (primary N) is 1. The number of hydrogen-bond acceptors (Lipinski definition) is 2. The van der Waals surface area contributed by atoms with Crippen LogP contribution >= 0.6 is 12.4 Å². The SMILES string of the molecule is CC1(C)CCCN(C(=O)C2(N)CCCCC2)C1.Cl. The van der Waals surface area contributed by atoms with Gasteiger partial charge in [0.2, 0.25) is 5.91 Å². The minimum Gasteiger partial charge on any atom is -0.341 e. The van der Waals surface area contributed by atoms with E-state index in [1.54, 1.807) is 0 Å². The molecule has 4 heteroatoms. The summed E-state index contributed by atoms with van der Waals surface area (Å²) >= 11 is 0. The Morgan fingerprint density at radius 3 is 2.22 bits per heavy atom. The van der Waals surface area contributed by atoms with Crippen molar-refractivity contribution in [3.05, 3.63) is 0 Å². The summed E-state index contributed by atoms with van der Waals surface area (Å²) in [5, 5.41) is 0. The molecule has 106 valence electrons.